The maximum absolute atomic E-state index is 13.0. The van der Waals surface area contributed by atoms with Gasteiger partial charge in [-0.2, -0.15) is 4.72 Å². The van der Waals surface area contributed by atoms with Crippen LogP contribution in [0.25, 0.3) is 0 Å². The van der Waals surface area contributed by atoms with Crippen LogP contribution in [0.1, 0.15) is 20.3 Å². The number of ether oxygens (including phenoxy) is 2. The summed E-state index contributed by atoms with van der Waals surface area (Å²) in [7, 11) is -4.02. The summed E-state index contributed by atoms with van der Waals surface area (Å²) < 4.78 is 39.5. The minimum atomic E-state index is -4.02. The number of nitrogens with one attached hydrogen (secondary N) is 3. The highest BCUT2D eigenvalue weighted by Crippen LogP contribution is 2.32. The van der Waals surface area contributed by atoms with Crippen LogP contribution in [0.3, 0.4) is 0 Å². The number of benzene rings is 2. The van der Waals surface area contributed by atoms with Crippen LogP contribution >= 0.6 is 0 Å². The maximum atomic E-state index is 13.0. The fourth-order valence-corrected chi connectivity index (χ4v) is 4.40. The average Bonchev–Trinajstić information content (AvgIpc) is 2.97. The minimum absolute atomic E-state index is 0.0259. The van der Waals surface area contributed by atoms with E-state index >= 15 is 0 Å². The first-order chi connectivity index (χ1) is 15.2. The van der Waals surface area contributed by atoms with Gasteiger partial charge in [-0.05, 0) is 42.3 Å². The van der Waals surface area contributed by atoms with E-state index in [1.54, 1.807) is 44.2 Å². The number of primary amides is 1. The van der Waals surface area contributed by atoms with Crippen LogP contribution in [0, 0.1) is 5.92 Å². The van der Waals surface area contributed by atoms with Crippen molar-refractivity contribution in [1.29, 1.82) is 0 Å². The Labute approximate surface area is 186 Å². The smallest absolute Gasteiger partial charge is 0.316 e. The zero-order valence-electron chi connectivity index (χ0n) is 17.8. The summed E-state index contributed by atoms with van der Waals surface area (Å²) in [6.07, 6.45) is 0.699. The fourth-order valence-electron chi connectivity index (χ4n) is 3.04. The zero-order valence-corrected chi connectivity index (χ0v) is 18.6. The Bertz CT molecular complexity index is 1090. The molecule has 0 aromatic heterocycles. The first-order valence-corrected chi connectivity index (χ1v) is 11.5. The Morgan fingerprint density at radius 1 is 0.938 bits per heavy atom. The van der Waals surface area contributed by atoms with Crippen LogP contribution in [0.2, 0.25) is 0 Å². The molecule has 0 radical (unpaired) electrons. The van der Waals surface area contributed by atoms with Crippen LogP contribution in [-0.4, -0.2) is 39.6 Å². The molecular weight excluding hydrogens is 436 g/mol. The Morgan fingerprint density at radius 2 is 1.53 bits per heavy atom. The molecule has 1 aliphatic heterocycles. The van der Waals surface area contributed by atoms with E-state index in [1.807, 2.05) is 0 Å². The predicted molar refractivity (Wildman–Crippen MR) is 119 cm³/mol. The molecular formula is C21H26N4O6S. The standard InChI is InChI=1S/C21H26N4O6S/c1-13(2)19(20(26)23-14-4-6-15(7-5-14)24-21(22)27)25-32(28,29)16-8-9-17-18(12-16)31-11-3-10-30-17/h4-9,12-13,19,25H,3,10-11H2,1-2H3,(H,23,26)(H3,22,24,27). The second-order valence-electron chi connectivity index (χ2n) is 7.56. The number of amides is 3. The highest BCUT2D eigenvalue weighted by Gasteiger charge is 2.29. The topological polar surface area (TPSA) is 149 Å². The van der Waals surface area contributed by atoms with Gasteiger partial charge in [-0.3, -0.25) is 4.79 Å². The Hall–Kier alpha value is -3.31. The number of hydrogen-bond donors (Lipinski definition) is 4. The molecule has 0 spiro atoms. The van der Waals surface area contributed by atoms with Gasteiger partial charge >= 0.3 is 6.03 Å². The molecule has 1 aliphatic rings. The molecule has 0 bridgehead atoms. The molecule has 0 saturated heterocycles. The third-order valence-electron chi connectivity index (χ3n) is 4.68. The summed E-state index contributed by atoms with van der Waals surface area (Å²) in [5, 5.41) is 5.10. The molecule has 0 fully saturated rings. The summed E-state index contributed by atoms with van der Waals surface area (Å²) in [6, 6.07) is 8.88. The zero-order chi connectivity index (χ0) is 23.3. The van der Waals surface area contributed by atoms with Gasteiger partial charge in [-0.25, -0.2) is 13.2 Å². The summed E-state index contributed by atoms with van der Waals surface area (Å²) in [4.78, 5) is 23.7. The van der Waals surface area contributed by atoms with Crippen molar-refractivity contribution in [2.75, 3.05) is 23.8 Å². The number of urea groups is 1. The quantitative estimate of drug-likeness (QED) is 0.496. The molecule has 1 unspecified atom stereocenters. The van der Waals surface area contributed by atoms with E-state index in [2.05, 4.69) is 15.4 Å². The lowest BCUT2D eigenvalue weighted by molar-refractivity contribution is -0.118. The molecule has 5 N–H and O–H groups in total. The summed E-state index contributed by atoms with van der Waals surface area (Å²) in [5.74, 6) is -0.0241. The molecule has 0 aliphatic carbocycles. The normalized spacial score (nSPS) is 14.3. The van der Waals surface area contributed by atoms with Crippen molar-refractivity contribution in [1.82, 2.24) is 4.72 Å². The van der Waals surface area contributed by atoms with Gasteiger partial charge < -0.3 is 25.8 Å². The van der Waals surface area contributed by atoms with Gasteiger partial charge in [0.15, 0.2) is 11.5 Å². The number of carbonyl (C=O) groups is 2. The van der Waals surface area contributed by atoms with Gasteiger partial charge in [0.25, 0.3) is 0 Å². The van der Waals surface area contributed by atoms with Crippen molar-refractivity contribution in [3.05, 3.63) is 42.5 Å². The number of anilines is 2. The molecule has 0 saturated carbocycles. The van der Waals surface area contributed by atoms with E-state index in [-0.39, 0.29) is 10.8 Å². The molecule has 1 heterocycles. The number of hydrogen-bond acceptors (Lipinski definition) is 6. The van der Waals surface area contributed by atoms with Crippen molar-refractivity contribution >= 4 is 33.3 Å². The van der Waals surface area contributed by atoms with Crippen LogP contribution in [0.5, 0.6) is 11.5 Å². The number of carbonyl (C=O) groups excluding carboxylic acids is 2. The first-order valence-electron chi connectivity index (χ1n) is 10.0. The largest absolute Gasteiger partial charge is 0.490 e. The Balaban J connectivity index is 1.74. The number of sulfonamides is 1. The van der Waals surface area contributed by atoms with Gasteiger partial charge in [-0.15, -0.1) is 0 Å². The molecule has 2 aromatic rings. The van der Waals surface area contributed by atoms with Crippen molar-refractivity contribution < 1.29 is 27.5 Å². The molecule has 3 amide bonds. The number of rotatable bonds is 7. The van der Waals surface area contributed by atoms with Crippen molar-refractivity contribution in [2.45, 2.75) is 31.2 Å². The fraction of sp³-hybridized carbons (Fsp3) is 0.333. The lowest BCUT2D eigenvalue weighted by Gasteiger charge is -2.22. The van der Waals surface area contributed by atoms with Crippen LogP contribution in [-0.2, 0) is 14.8 Å². The van der Waals surface area contributed by atoms with Crippen molar-refractivity contribution in [3.8, 4) is 11.5 Å². The summed E-state index contributed by atoms with van der Waals surface area (Å²) in [6.45, 7) is 4.39. The monoisotopic (exact) mass is 462 g/mol. The van der Waals surface area contributed by atoms with Crippen LogP contribution in [0.15, 0.2) is 47.4 Å². The highest BCUT2D eigenvalue weighted by atomic mass is 32.2. The Morgan fingerprint density at radius 3 is 2.12 bits per heavy atom. The predicted octanol–water partition coefficient (Wildman–Crippen LogP) is 2.28. The van der Waals surface area contributed by atoms with Crippen LogP contribution < -0.4 is 30.6 Å². The second-order valence-corrected chi connectivity index (χ2v) is 9.27. The van der Waals surface area contributed by atoms with Crippen molar-refractivity contribution in [3.63, 3.8) is 0 Å². The minimum Gasteiger partial charge on any atom is -0.490 e. The Kier molecular flexibility index (Phi) is 7.21. The summed E-state index contributed by atoms with van der Waals surface area (Å²) >= 11 is 0. The molecule has 10 nitrogen and oxygen atoms in total. The van der Waals surface area contributed by atoms with Gasteiger partial charge in [0.05, 0.1) is 18.1 Å². The van der Waals surface area contributed by atoms with Gasteiger partial charge in [0.2, 0.25) is 15.9 Å². The van der Waals surface area contributed by atoms with E-state index < -0.39 is 28.0 Å². The average molecular weight is 463 g/mol. The molecule has 3 rings (SSSR count). The number of nitrogens with two attached hydrogens (primary N) is 1. The van der Waals surface area contributed by atoms with Gasteiger partial charge in [0, 0.05) is 23.9 Å². The second kappa shape index (κ2) is 9.88. The molecule has 1 atom stereocenters. The van der Waals surface area contributed by atoms with Gasteiger partial charge in [0.1, 0.15) is 6.04 Å². The van der Waals surface area contributed by atoms with E-state index in [0.717, 1.165) is 0 Å². The van der Waals surface area contributed by atoms with E-state index in [4.69, 9.17) is 15.2 Å². The lowest BCUT2D eigenvalue weighted by Crippen LogP contribution is -2.47. The van der Waals surface area contributed by atoms with Gasteiger partial charge in [-0.1, -0.05) is 13.8 Å². The maximum Gasteiger partial charge on any atom is 0.316 e. The van der Waals surface area contributed by atoms with Crippen LogP contribution in [0.4, 0.5) is 16.2 Å². The highest BCUT2D eigenvalue weighted by molar-refractivity contribution is 7.89. The third kappa shape index (κ3) is 5.89. The SMILES string of the molecule is CC(C)C(NS(=O)(=O)c1ccc2c(c1)OCCCO2)C(=O)Nc1ccc(NC(N)=O)cc1. The van der Waals surface area contributed by atoms with E-state index in [0.29, 0.717) is 42.5 Å². The molecule has 172 valence electrons. The van der Waals surface area contributed by atoms with Crippen molar-refractivity contribution in [2.24, 2.45) is 11.7 Å². The van der Waals surface area contributed by atoms with E-state index in [9.17, 15) is 18.0 Å². The molecule has 2 aromatic carbocycles. The first kappa shape index (κ1) is 23.4. The summed E-state index contributed by atoms with van der Waals surface area (Å²) in [5.41, 5.74) is 5.97. The molecule has 11 heteroatoms. The lowest BCUT2D eigenvalue weighted by atomic mass is 10.0. The third-order valence-corrected chi connectivity index (χ3v) is 6.12. The molecule has 32 heavy (non-hydrogen) atoms. The van der Waals surface area contributed by atoms with E-state index in [1.165, 1.54) is 12.1 Å². The number of fused-ring (bicyclic) bond motifs is 1.